The third kappa shape index (κ3) is 2.47. The zero-order chi connectivity index (χ0) is 13.6. The molecule has 1 aliphatic heterocycles. The number of nitrogens with zero attached hydrogens (tertiary/aromatic N) is 2. The van der Waals surface area contributed by atoms with Crippen LogP contribution in [0.5, 0.6) is 0 Å². The van der Waals surface area contributed by atoms with E-state index in [9.17, 15) is 22.9 Å². The molecule has 0 spiro atoms. The predicted molar refractivity (Wildman–Crippen MR) is 61.7 cm³/mol. The maximum atomic E-state index is 11.9. The minimum atomic E-state index is -5.26. The smallest absolute Gasteiger partial charge is 0.745 e. The van der Waals surface area contributed by atoms with Crippen LogP contribution in [-0.4, -0.2) is 34.6 Å². The molecule has 96 valence electrons. The van der Waals surface area contributed by atoms with Crippen molar-refractivity contribution in [2.75, 3.05) is 5.01 Å². The molecule has 0 aromatic heterocycles. The number of hydrogen-bond donors (Lipinski definition) is 1. The number of hydrazone groups is 1. The molecule has 2 rings (SSSR count). The van der Waals surface area contributed by atoms with E-state index in [4.69, 9.17) is 0 Å². The van der Waals surface area contributed by atoms with Gasteiger partial charge in [0, 0.05) is 0 Å². The summed E-state index contributed by atoms with van der Waals surface area (Å²) in [6.45, 7) is 1.11. The molecule has 0 radical (unpaired) electrons. The third-order valence-electron chi connectivity index (χ3n) is 2.59. The molecule has 7 nitrogen and oxygen atoms in total. The summed E-state index contributed by atoms with van der Waals surface area (Å²) in [4.78, 5) is 8.74. The second-order valence-corrected chi connectivity index (χ2v) is 5.24. The number of benzene rings is 1. The number of hydrogen-bond acceptors (Lipinski definition) is 6. The Kier molecular flexibility index (Phi) is 4.55. The van der Waals surface area contributed by atoms with Crippen LogP contribution in [0.15, 0.2) is 35.4 Å². The van der Waals surface area contributed by atoms with Crippen LogP contribution >= 0.6 is 0 Å². The summed E-state index contributed by atoms with van der Waals surface area (Å²) in [5, 5.41) is 14.1. The standard InChI is InChI=1S/C10H10N2O5S.Na/c1-7-10(14,18(15,16)17)9(13)12(11-7)8-5-3-2-4-6-8;/h2-6,14H,1H3,(H,15,16,17);/q;+1/p-1. The van der Waals surface area contributed by atoms with Crippen LogP contribution in [0, 0.1) is 0 Å². The molecule has 1 amide bonds. The fourth-order valence-electron chi connectivity index (χ4n) is 1.59. The van der Waals surface area contributed by atoms with Crippen molar-refractivity contribution in [1.29, 1.82) is 0 Å². The van der Waals surface area contributed by atoms with Gasteiger partial charge in [-0.05, 0) is 19.1 Å². The van der Waals surface area contributed by atoms with Crippen molar-refractivity contribution >= 4 is 27.4 Å². The topological polar surface area (TPSA) is 110 Å². The Balaban J connectivity index is 0.00000180. The first-order valence-corrected chi connectivity index (χ1v) is 6.32. The van der Waals surface area contributed by atoms with Crippen molar-refractivity contribution in [3.63, 3.8) is 0 Å². The number of para-hydroxylation sites is 1. The SMILES string of the molecule is CC1=NN(c2ccccc2)C(=O)C1(O)S(=O)(=O)[O-].[Na+]. The molecule has 19 heavy (non-hydrogen) atoms. The van der Waals surface area contributed by atoms with Gasteiger partial charge in [0.05, 0.1) is 11.4 Å². The molecule has 0 saturated heterocycles. The van der Waals surface area contributed by atoms with Crippen molar-refractivity contribution in [3.05, 3.63) is 30.3 Å². The summed E-state index contributed by atoms with van der Waals surface area (Å²) in [6, 6.07) is 7.90. The third-order valence-corrected chi connectivity index (χ3v) is 3.78. The number of amides is 1. The number of carbonyl (C=O) groups excluding carboxylic acids is 1. The quantitative estimate of drug-likeness (QED) is 0.452. The van der Waals surface area contributed by atoms with E-state index in [1.807, 2.05) is 0 Å². The number of rotatable bonds is 2. The van der Waals surface area contributed by atoms with Crippen molar-refractivity contribution in [1.82, 2.24) is 0 Å². The number of aliphatic hydroxyl groups is 1. The van der Waals surface area contributed by atoms with Gasteiger partial charge in [0.25, 0.3) is 10.8 Å². The van der Waals surface area contributed by atoms with Gasteiger partial charge in [0.1, 0.15) is 10.1 Å². The van der Waals surface area contributed by atoms with Gasteiger partial charge in [-0.1, -0.05) is 18.2 Å². The van der Waals surface area contributed by atoms with E-state index in [0.29, 0.717) is 5.01 Å². The summed E-state index contributed by atoms with van der Waals surface area (Å²) >= 11 is 0. The van der Waals surface area contributed by atoms with Crippen LogP contribution in [0.1, 0.15) is 6.92 Å². The van der Waals surface area contributed by atoms with E-state index in [-0.39, 0.29) is 35.2 Å². The molecule has 1 heterocycles. The Morgan fingerprint density at radius 2 is 1.84 bits per heavy atom. The van der Waals surface area contributed by atoms with E-state index >= 15 is 0 Å². The molecule has 0 saturated carbocycles. The van der Waals surface area contributed by atoms with E-state index in [1.165, 1.54) is 12.1 Å². The van der Waals surface area contributed by atoms with Gasteiger partial charge in [-0.25, -0.2) is 8.42 Å². The average Bonchev–Trinajstić information content (AvgIpc) is 2.55. The first kappa shape index (κ1) is 16.3. The van der Waals surface area contributed by atoms with Crippen LogP contribution in [0.25, 0.3) is 0 Å². The molecule has 1 aromatic rings. The largest absolute Gasteiger partial charge is 1.00 e. The molecule has 1 unspecified atom stereocenters. The summed E-state index contributed by atoms with van der Waals surface area (Å²) in [5.74, 6) is -1.29. The fraction of sp³-hybridized carbons (Fsp3) is 0.200. The van der Waals surface area contributed by atoms with E-state index in [0.717, 1.165) is 6.92 Å². The maximum absolute atomic E-state index is 11.9. The first-order chi connectivity index (χ1) is 8.28. The Hall–Kier alpha value is -0.770. The van der Waals surface area contributed by atoms with Crippen LogP contribution < -0.4 is 34.6 Å². The zero-order valence-electron chi connectivity index (χ0n) is 10.3. The van der Waals surface area contributed by atoms with E-state index in [2.05, 4.69) is 5.10 Å². The maximum Gasteiger partial charge on any atom is 1.00 e. The van der Waals surface area contributed by atoms with E-state index < -0.39 is 26.7 Å². The molecule has 1 aliphatic rings. The van der Waals surface area contributed by atoms with Crippen LogP contribution in [0.2, 0.25) is 0 Å². The molecule has 0 bridgehead atoms. The molecule has 1 N–H and O–H groups in total. The normalized spacial score (nSPS) is 23.0. The van der Waals surface area contributed by atoms with Crippen molar-refractivity contribution in [3.8, 4) is 0 Å². The zero-order valence-corrected chi connectivity index (χ0v) is 13.1. The minimum Gasteiger partial charge on any atom is -0.745 e. The first-order valence-electron chi connectivity index (χ1n) is 4.91. The van der Waals surface area contributed by atoms with Crippen LogP contribution in [0.4, 0.5) is 5.69 Å². The Bertz CT molecular complexity index is 631. The number of carbonyl (C=O) groups is 1. The van der Waals surface area contributed by atoms with Gasteiger partial charge < -0.3 is 9.66 Å². The van der Waals surface area contributed by atoms with Gasteiger partial charge >= 0.3 is 29.6 Å². The Morgan fingerprint density at radius 3 is 2.26 bits per heavy atom. The predicted octanol–water partition coefficient (Wildman–Crippen LogP) is -3.35. The summed E-state index contributed by atoms with van der Waals surface area (Å²) in [7, 11) is -5.26. The number of anilines is 1. The van der Waals surface area contributed by atoms with Gasteiger partial charge in [-0.15, -0.1) is 0 Å². The second-order valence-electron chi connectivity index (χ2n) is 3.74. The minimum absolute atomic E-state index is 0. The molecule has 1 atom stereocenters. The molecule has 0 fully saturated rings. The van der Waals surface area contributed by atoms with E-state index in [1.54, 1.807) is 18.2 Å². The van der Waals surface area contributed by atoms with Gasteiger partial charge in [-0.3, -0.25) is 4.79 Å². The fourth-order valence-corrected chi connectivity index (χ4v) is 2.30. The average molecular weight is 292 g/mol. The summed E-state index contributed by atoms with van der Waals surface area (Å²) in [6.07, 6.45) is 0. The molecule has 0 aliphatic carbocycles. The van der Waals surface area contributed by atoms with Crippen molar-refractivity contribution in [2.45, 2.75) is 11.9 Å². The molecule has 9 heteroatoms. The van der Waals surface area contributed by atoms with Crippen LogP contribution in [-0.2, 0) is 14.9 Å². The van der Waals surface area contributed by atoms with Crippen molar-refractivity contribution in [2.24, 2.45) is 5.10 Å². The van der Waals surface area contributed by atoms with Gasteiger partial charge in [0.15, 0.2) is 0 Å². The van der Waals surface area contributed by atoms with Gasteiger partial charge in [-0.2, -0.15) is 10.1 Å². The van der Waals surface area contributed by atoms with Gasteiger partial charge in [0.2, 0.25) is 0 Å². The molecular weight excluding hydrogens is 283 g/mol. The Morgan fingerprint density at radius 1 is 1.32 bits per heavy atom. The second kappa shape index (κ2) is 5.31. The molecular formula is C10H9N2NaO5S. The summed E-state index contributed by atoms with van der Waals surface area (Å²) < 4.78 is 33.1. The Labute approximate surface area is 132 Å². The molecule has 1 aromatic carbocycles. The monoisotopic (exact) mass is 292 g/mol. The van der Waals surface area contributed by atoms with Crippen molar-refractivity contribution < 1.29 is 52.4 Å². The van der Waals surface area contributed by atoms with Crippen LogP contribution in [0.3, 0.4) is 0 Å². The summed E-state index contributed by atoms with van der Waals surface area (Å²) in [5.41, 5.74) is -0.201.